The van der Waals surface area contributed by atoms with Crippen LogP contribution in [0.3, 0.4) is 0 Å². The van der Waals surface area contributed by atoms with Gasteiger partial charge >= 0.3 is 5.97 Å². The molecule has 1 aliphatic rings. The summed E-state index contributed by atoms with van der Waals surface area (Å²) in [6.07, 6.45) is 3.49. The molecule has 1 fully saturated rings. The summed E-state index contributed by atoms with van der Waals surface area (Å²) in [6.45, 7) is 0.0604. The van der Waals surface area contributed by atoms with E-state index < -0.39 is 17.9 Å². The first kappa shape index (κ1) is 20.9. The second-order valence-corrected chi connectivity index (χ2v) is 7.10. The molecule has 1 atom stereocenters. The molecule has 1 amide bonds. The summed E-state index contributed by atoms with van der Waals surface area (Å²) in [5, 5.41) is 3.52. The van der Waals surface area contributed by atoms with Crippen molar-refractivity contribution in [3.63, 3.8) is 0 Å². The molecule has 8 heteroatoms. The third-order valence-corrected chi connectivity index (χ3v) is 4.72. The van der Waals surface area contributed by atoms with Gasteiger partial charge in [-0.15, -0.1) is 0 Å². The van der Waals surface area contributed by atoms with Crippen LogP contribution in [0, 0.1) is 0 Å². The molecule has 0 bridgehead atoms. The molecule has 0 aromatic heterocycles. The molecule has 1 heterocycles. The normalized spacial score (nSPS) is 15.9. The lowest BCUT2D eigenvalue weighted by Crippen LogP contribution is -2.40. The number of carbonyl (C=O) groups excluding carboxylic acids is 3. The van der Waals surface area contributed by atoms with Gasteiger partial charge in [-0.25, -0.2) is 4.79 Å². The minimum absolute atomic E-state index is 0.208. The molecule has 2 aromatic rings. The van der Waals surface area contributed by atoms with E-state index in [4.69, 9.17) is 32.7 Å². The Labute approximate surface area is 177 Å². The van der Waals surface area contributed by atoms with E-state index in [1.165, 1.54) is 6.08 Å². The van der Waals surface area contributed by atoms with Gasteiger partial charge in [-0.1, -0.05) is 29.3 Å². The fraction of sp³-hybridized carbons (Fsp3) is 0.190. The van der Waals surface area contributed by atoms with Crippen LogP contribution in [-0.2, 0) is 14.3 Å². The minimum atomic E-state index is -0.618. The first-order valence-corrected chi connectivity index (χ1v) is 9.54. The molecule has 1 aliphatic heterocycles. The highest BCUT2D eigenvalue weighted by Gasteiger charge is 2.27. The zero-order chi connectivity index (χ0) is 20.8. The van der Waals surface area contributed by atoms with Crippen LogP contribution in [0.25, 0.3) is 6.08 Å². The van der Waals surface area contributed by atoms with Gasteiger partial charge in [0.05, 0.1) is 6.61 Å². The molecule has 0 aliphatic carbocycles. The van der Waals surface area contributed by atoms with E-state index in [2.05, 4.69) is 5.32 Å². The van der Waals surface area contributed by atoms with Crippen LogP contribution in [-0.4, -0.2) is 36.9 Å². The summed E-state index contributed by atoms with van der Waals surface area (Å²) >= 11 is 11.9. The van der Waals surface area contributed by atoms with Crippen molar-refractivity contribution in [2.45, 2.75) is 12.5 Å². The van der Waals surface area contributed by atoms with E-state index in [1.807, 2.05) is 0 Å². The largest absolute Gasteiger partial charge is 0.484 e. The molecule has 1 N–H and O–H groups in total. The van der Waals surface area contributed by atoms with Crippen molar-refractivity contribution in [1.29, 1.82) is 0 Å². The molecular formula is C21H17Cl2NO5. The summed E-state index contributed by atoms with van der Waals surface area (Å²) in [7, 11) is 0. The van der Waals surface area contributed by atoms with E-state index in [0.29, 0.717) is 39.9 Å². The van der Waals surface area contributed by atoms with Crippen molar-refractivity contribution >= 4 is 46.9 Å². The predicted molar refractivity (Wildman–Crippen MR) is 109 cm³/mol. The third-order valence-electron chi connectivity index (χ3n) is 4.16. The second kappa shape index (κ2) is 9.58. The maximum absolute atomic E-state index is 12.3. The smallest absolute Gasteiger partial charge is 0.328 e. The number of cyclic esters (lactones) is 1. The van der Waals surface area contributed by atoms with Crippen LogP contribution in [0.2, 0.25) is 10.0 Å². The van der Waals surface area contributed by atoms with Crippen LogP contribution < -0.4 is 10.1 Å². The van der Waals surface area contributed by atoms with Crippen molar-refractivity contribution in [2.75, 3.05) is 13.2 Å². The van der Waals surface area contributed by atoms with Crippen molar-refractivity contribution in [3.05, 3.63) is 69.7 Å². The SMILES string of the molecule is O=C(COc1ccc(C(=O)/C=C/c2ccc(Cl)cc2Cl)cc1)N[C@H]1CCOC1=O. The third kappa shape index (κ3) is 5.82. The number of ketones is 1. The van der Waals surface area contributed by atoms with E-state index >= 15 is 0 Å². The second-order valence-electron chi connectivity index (χ2n) is 6.25. The molecule has 1 saturated heterocycles. The van der Waals surface area contributed by atoms with Crippen molar-refractivity contribution in [1.82, 2.24) is 5.32 Å². The Morgan fingerprint density at radius 1 is 1.17 bits per heavy atom. The minimum Gasteiger partial charge on any atom is -0.484 e. The highest BCUT2D eigenvalue weighted by atomic mass is 35.5. The predicted octanol–water partition coefficient (Wildman–Crippen LogP) is 3.70. The lowest BCUT2D eigenvalue weighted by molar-refractivity contribution is -0.141. The highest BCUT2D eigenvalue weighted by molar-refractivity contribution is 6.35. The molecule has 2 aromatic carbocycles. The fourth-order valence-corrected chi connectivity index (χ4v) is 3.10. The van der Waals surface area contributed by atoms with Gasteiger partial charge in [-0.3, -0.25) is 9.59 Å². The number of carbonyl (C=O) groups is 3. The fourth-order valence-electron chi connectivity index (χ4n) is 2.63. The molecule has 150 valence electrons. The molecule has 29 heavy (non-hydrogen) atoms. The number of esters is 1. The molecule has 0 unspecified atom stereocenters. The Morgan fingerprint density at radius 2 is 1.93 bits per heavy atom. The average molecular weight is 434 g/mol. The first-order valence-electron chi connectivity index (χ1n) is 8.79. The van der Waals surface area contributed by atoms with Crippen LogP contribution in [0.5, 0.6) is 5.75 Å². The maximum atomic E-state index is 12.3. The monoisotopic (exact) mass is 433 g/mol. The number of rotatable bonds is 7. The van der Waals surface area contributed by atoms with Gasteiger partial charge in [-0.05, 0) is 54.1 Å². The Morgan fingerprint density at radius 3 is 2.59 bits per heavy atom. The summed E-state index contributed by atoms with van der Waals surface area (Å²) in [5.41, 5.74) is 1.14. The average Bonchev–Trinajstić information content (AvgIpc) is 3.10. The molecule has 0 saturated carbocycles. The maximum Gasteiger partial charge on any atom is 0.328 e. The number of ether oxygens (including phenoxy) is 2. The van der Waals surface area contributed by atoms with Gasteiger partial charge in [-0.2, -0.15) is 0 Å². The standard InChI is InChI=1S/C21H17Cl2NO5/c22-15-5-1-13(17(23)11-15)4-8-19(25)14-2-6-16(7-3-14)29-12-20(26)24-18-9-10-28-21(18)27/h1-8,11,18H,9-10,12H2,(H,24,26)/b8-4+/t18-/m0/s1. The number of hydrogen-bond donors (Lipinski definition) is 1. The first-order chi connectivity index (χ1) is 13.9. The summed E-state index contributed by atoms with van der Waals surface area (Å²) in [5.74, 6) is -0.638. The molecule has 0 spiro atoms. The number of nitrogens with one attached hydrogen (secondary N) is 1. The highest BCUT2D eigenvalue weighted by Crippen LogP contribution is 2.22. The van der Waals surface area contributed by atoms with Crippen molar-refractivity contribution in [3.8, 4) is 5.75 Å². The van der Waals surface area contributed by atoms with Crippen LogP contribution in [0.15, 0.2) is 48.5 Å². The molecular weight excluding hydrogens is 417 g/mol. The number of benzene rings is 2. The zero-order valence-corrected chi connectivity index (χ0v) is 16.7. The summed E-state index contributed by atoms with van der Waals surface area (Å²) in [6, 6.07) is 10.8. The number of allylic oxidation sites excluding steroid dienone is 1. The van der Waals surface area contributed by atoms with Crippen molar-refractivity contribution in [2.24, 2.45) is 0 Å². The lowest BCUT2D eigenvalue weighted by Gasteiger charge is -2.10. The van der Waals surface area contributed by atoms with Crippen LogP contribution in [0.4, 0.5) is 0 Å². The van der Waals surface area contributed by atoms with E-state index in [9.17, 15) is 14.4 Å². The van der Waals surface area contributed by atoms with E-state index in [-0.39, 0.29) is 12.4 Å². The topological polar surface area (TPSA) is 81.7 Å². The zero-order valence-electron chi connectivity index (χ0n) is 15.2. The van der Waals surface area contributed by atoms with Gasteiger partial charge in [0.15, 0.2) is 12.4 Å². The summed E-state index contributed by atoms with van der Waals surface area (Å²) < 4.78 is 10.2. The van der Waals surface area contributed by atoms with E-state index in [1.54, 1.807) is 48.5 Å². The van der Waals surface area contributed by atoms with Crippen LogP contribution >= 0.6 is 23.2 Å². The molecule has 6 nitrogen and oxygen atoms in total. The van der Waals surface area contributed by atoms with Gasteiger partial charge in [0.2, 0.25) is 0 Å². The molecule has 0 radical (unpaired) electrons. The lowest BCUT2D eigenvalue weighted by atomic mass is 10.1. The number of amides is 1. The Bertz CT molecular complexity index is 956. The van der Waals surface area contributed by atoms with Gasteiger partial charge in [0.25, 0.3) is 5.91 Å². The summed E-state index contributed by atoms with van der Waals surface area (Å²) in [4.78, 5) is 35.5. The Hall–Kier alpha value is -2.83. The molecule has 3 rings (SSSR count). The van der Waals surface area contributed by atoms with Gasteiger partial charge in [0.1, 0.15) is 11.8 Å². The number of hydrogen-bond acceptors (Lipinski definition) is 5. The number of halogens is 2. The van der Waals surface area contributed by atoms with Gasteiger partial charge in [0, 0.05) is 22.0 Å². The Balaban J connectivity index is 1.52. The van der Waals surface area contributed by atoms with Crippen molar-refractivity contribution < 1.29 is 23.9 Å². The van der Waals surface area contributed by atoms with Crippen LogP contribution in [0.1, 0.15) is 22.3 Å². The quantitative estimate of drug-likeness (QED) is 0.408. The van der Waals surface area contributed by atoms with Gasteiger partial charge < -0.3 is 14.8 Å². The van der Waals surface area contributed by atoms with E-state index in [0.717, 1.165) is 0 Å². The Kier molecular flexibility index (Phi) is 6.90.